The van der Waals surface area contributed by atoms with Crippen LogP contribution < -0.4 is 10.8 Å². The summed E-state index contributed by atoms with van der Waals surface area (Å²) >= 11 is 0. The summed E-state index contributed by atoms with van der Waals surface area (Å²) in [6.45, 7) is 1.90. The fourth-order valence-corrected chi connectivity index (χ4v) is 3.62. The average molecular weight is 415 g/mol. The fraction of sp³-hybridized carbons (Fsp3) is 0.263. The topological polar surface area (TPSA) is 131 Å². The van der Waals surface area contributed by atoms with Gasteiger partial charge in [0.2, 0.25) is 0 Å². The maximum Gasteiger partial charge on any atom is 0.488 e. The predicted molar refractivity (Wildman–Crippen MR) is 111 cm³/mol. The lowest BCUT2D eigenvalue weighted by Crippen LogP contribution is -2.33. The number of nitriles is 1. The van der Waals surface area contributed by atoms with Crippen molar-refractivity contribution in [3.8, 4) is 6.07 Å². The standard InChI is InChI=1S/C19H22BN3O5S/c1-3-29(27,28)18-9-8-17(12-15(18)13-21)22-19(24)23(2)11-10-14-4-6-16(7-5-14)20(25)26/h4-9,12,25-26H,3,10-11H2,1-2H3,(H,22,24). The third-order valence-electron chi connectivity index (χ3n) is 4.43. The van der Waals surface area contributed by atoms with E-state index in [0.29, 0.717) is 24.1 Å². The number of hydrogen-bond acceptors (Lipinski definition) is 6. The van der Waals surface area contributed by atoms with Crippen LogP contribution in [0.4, 0.5) is 10.5 Å². The van der Waals surface area contributed by atoms with Crippen LogP contribution in [0.15, 0.2) is 47.4 Å². The van der Waals surface area contributed by atoms with E-state index in [1.807, 2.05) is 6.07 Å². The lowest BCUT2D eigenvalue weighted by Gasteiger charge is -2.18. The largest absolute Gasteiger partial charge is 0.488 e. The highest BCUT2D eigenvalue weighted by atomic mass is 32.2. The molecule has 152 valence electrons. The maximum atomic E-state index is 12.4. The Bertz CT molecular complexity index is 1020. The van der Waals surface area contributed by atoms with E-state index < -0.39 is 23.0 Å². The molecule has 0 aliphatic rings. The summed E-state index contributed by atoms with van der Waals surface area (Å²) in [5.41, 5.74) is 1.63. The van der Waals surface area contributed by atoms with Crippen molar-refractivity contribution >= 4 is 34.1 Å². The monoisotopic (exact) mass is 415 g/mol. The highest BCUT2D eigenvalue weighted by molar-refractivity contribution is 7.91. The number of sulfone groups is 1. The number of carbonyl (C=O) groups excluding carboxylic acids is 1. The van der Waals surface area contributed by atoms with Gasteiger partial charge in [0.15, 0.2) is 9.84 Å². The van der Waals surface area contributed by atoms with Gasteiger partial charge in [0, 0.05) is 19.3 Å². The zero-order chi connectivity index (χ0) is 21.6. The Balaban J connectivity index is 2.01. The number of urea groups is 1. The zero-order valence-corrected chi connectivity index (χ0v) is 17.0. The quantitative estimate of drug-likeness (QED) is 0.572. The summed E-state index contributed by atoms with van der Waals surface area (Å²) in [6.07, 6.45) is 0.558. The minimum Gasteiger partial charge on any atom is -0.423 e. The highest BCUT2D eigenvalue weighted by Crippen LogP contribution is 2.21. The van der Waals surface area contributed by atoms with E-state index in [4.69, 9.17) is 10.0 Å². The molecule has 0 bridgehead atoms. The lowest BCUT2D eigenvalue weighted by molar-refractivity contribution is 0.223. The van der Waals surface area contributed by atoms with Gasteiger partial charge in [0.05, 0.1) is 16.2 Å². The van der Waals surface area contributed by atoms with E-state index in [-0.39, 0.29) is 16.2 Å². The molecule has 0 aromatic heterocycles. The molecule has 0 atom stereocenters. The number of rotatable bonds is 7. The second kappa shape index (κ2) is 9.56. The van der Waals surface area contributed by atoms with Crippen LogP contribution in [-0.4, -0.2) is 55.9 Å². The molecule has 8 nitrogen and oxygen atoms in total. The Hall–Kier alpha value is -2.87. The van der Waals surface area contributed by atoms with Crippen molar-refractivity contribution < 1.29 is 23.3 Å². The first kappa shape index (κ1) is 22.4. The van der Waals surface area contributed by atoms with Crippen LogP contribution in [0.25, 0.3) is 0 Å². The van der Waals surface area contributed by atoms with E-state index in [1.165, 1.54) is 30.0 Å². The number of amides is 2. The second-order valence-electron chi connectivity index (χ2n) is 6.44. The normalized spacial score (nSPS) is 10.9. The van der Waals surface area contributed by atoms with Gasteiger partial charge in [-0.05, 0) is 35.6 Å². The number of nitrogens with zero attached hydrogens (tertiary/aromatic N) is 2. The molecule has 0 aliphatic carbocycles. The van der Waals surface area contributed by atoms with Crippen molar-refractivity contribution in [3.63, 3.8) is 0 Å². The molecule has 10 heteroatoms. The predicted octanol–water partition coefficient (Wildman–Crippen LogP) is 0.738. The summed E-state index contributed by atoms with van der Waals surface area (Å²) in [6, 6.07) is 12.3. The Morgan fingerprint density at radius 1 is 1.21 bits per heavy atom. The van der Waals surface area contributed by atoms with Crippen molar-refractivity contribution in [2.75, 3.05) is 24.7 Å². The fourth-order valence-electron chi connectivity index (χ4n) is 2.60. The van der Waals surface area contributed by atoms with Crippen LogP contribution in [0.2, 0.25) is 0 Å². The number of carbonyl (C=O) groups is 1. The minimum absolute atomic E-state index is 0.0153. The molecule has 0 unspecified atom stereocenters. The van der Waals surface area contributed by atoms with Gasteiger partial charge in [-0.25, -0.2) is 13.2 Å². The molecule has 0 saturated carbocycles. The first-order chi connectivity index (χ1) is 13.7. The number of hydrogen-bond donors (Lipinski definition) is 3. The summed E-state index contributed by atoms with van der Waals surface area (Å²) in [5, 5.41) is 30.1. The zero-order valence-electron chi connectivity index (χ0n) is 16.2. The van der Waals surface area contributed by atoms with E-state index in [1.54, 1.807) is 31.3 Å². The van der Waals surface area contributed by atoms with Crippen LogP contribution in [0, 0.1) is 11.3 Å². The molecule has 2 rings (SSSR count). The second-order valence-corrected chi connectivity index (χ2v) is 8.69. The van der Waals surface area contributed by atoms with E-state index in [9.17, 15) is 18.5 Å². The van der Waals surface area contributed by atoms with Gasteiger partial charge in [-0.3, -0.25) is 0 Å². The molecule has 0 aliphatic heterocycles. The molecule has 0 heterocycles. The third kappa shape index (κ3) is 5.81. The van der Waals surface area contributed by atoms with Crippen LogP contribution in [0.3, 0.4) is 0 Å². The summed E-state index contributed by atoms with van der Waals surface area (Å²) in [5.74, 6) is -0.117. The first-order valence-electron chi connectivity index (χ1n) is 8.92. The van der Waals surface area contributed by atoms with Gasteiger partial charge in [0.1, 0.15) is 6.07 Å². The number of nitrogens with one attached hydrogen (secondary N) is 1. The van der Waals surface area contributed by atoms with Crippen molar-refractivity contribution in [2.24, 2.45) is 0 Å². The van der Waals surface area contributed by atoms with Crippen molar-refractivity contribution in [1.82, 2.24) is 4.90 Å². The first-order valence-corrected chi connectivity index (χ1v) is 10.6. The van der Waals surface area contributed by atoms with Crippen LogP contribution in [-0.2, 0) is 16.3 Å². The molecule has 0 spiro atoms. The van der Waals surface area contributed by atoms with E-state index >= 15 is 0 Å². The SMILES string of the molecule is CCS(=O)(=O)c1ccc(NC(=O)N(C)CCc2ccc(B(O)O)cc2)cc1C#N. The number of likely N-dealkylation sites (N-methyl/N-ethyl adjacent to an activating group) is 1. The summed E-state index contributed by atoms with van der Waals surface area (Å²) in [7, 11) is -3.43. The summed E-state index contributed by atoms with van der Waals surface area (Å²) < 4.78 is 24.1. The maximum absolute atomic E-state index is 12.4. The van der Waals surface area contributed by atoms with Crippen LogP contribution >= 0.6 is 0 Å². The Morgan fingerprint density at radius 2 is 1.86 bits per heavy atom. The van der Waals surface area contributed by atoms with Crippen molar-refractivity contribution in [3.05, 3.63) is 53.6 Å². The molecule has 3 N–H and O–H groups in total. The third-order valence-corrected chi connectivity index (χ3v) is 6.21. The van der Waals surface area contributed by atoms with E-state index in [0.717, 1.165) is 5.56 Å². The highest BCUT2D eigenvalue weighted by Gasteiger charge is 2.18. The molecule has 0 fully saturated rings. The van der Waals surface area contributed by atoms with Gasteiger partial charge < -0.3 is 20.3 Å². The molecular formula is C19H22BN3O5S. The Kier molecular flexibility index (Phi) is 7.39. The molecule has 29 heavy (non-hydrogen) atoms. The lowest BCUT2D eigenvalue weighted by atomic mass is 9.80. The number of anilines is 1. The van der Waals surface area contributed by atoms with Gasteiger partial charge in [-0.1, -0.05) is 31.2 Å². The van der Waals surface area contributed by atoms with E-state index in [2.05, 4.69) is 5.32 Å². The minimum atomic E-state index is -3.53. The molecule has 2 aromatic rings. The van der Waals surface area contributed by atoms with Crippen LogP contribution in [0.5, 0.6) is 0 Å². The molecule has 0 saturated heterocycles. The molecule has 2 aromatic carbocycles. The van der Waals surface area contributed by atoms with Gasteiger partial charge >= 0.3 is 13.1 Å². The molecule has 2 amide bonds. The van der Waals surface area contributed by atoms with Gasteiger partial charge in [-0.2, -0.15) is 5.26 Å². The van der Waals surface area contributed by atoms with Crippen molar-refractivity contribution in [2.45, 2.75) is 18.2 Å². The number of benzene rings is 2. The van der Waals surface area contributed by atoms with Crippen molar-refractivity contribution in [1.29, 1.82) is 5.26 Å². The molecular weight excluding hydrogens is 393 g/mol. The Labute approximate surface area is 170 Å². The Morgan fingerprint density at radius 3 is 2.41 bits per heavy atom. The molecule has 0 radical (unpaired) electrons. The van der Waals surface area contributed by atoms with Gasteiger partial charge in [0.25, 0.3) is 0 Å². The smallest absolute Gasteiger partial charge is 0.423 e. The summed E-state index contributed by atoms with van der Waals surface area (Å²) in [4.78, 5) is 13.8. The van der Waals surface area contributed by atoms with Gasteiger partial charge in [-0.15, -0.1) is 0 Å². The van der Waals surface area contributed by atoms with Crippen LogP contribution in [0.1, 0.15) is 18.1 Å². The average Bonchev–Trinajstić information content (AvgIpc) is 2.71.